The average molecular weight is 745 g/mol. The fraction of sp³-hybridized carbons (Fsp3) is 0.0370. The van der Waals surface area contributed by atoms with E-state index in [4.69, 9.17) is 4.99 Å². The number of rotatable bonds is 10. The summed E-state index contributed by atoms with van der Waals surface area (Å²) >= 11 is 0. The molecule has 8 aromatic carbocycles. The van der Waals surface area contributed by atoms with Crippen LogP contribution in [0, 0.1) is 0 Å². The fourth-order valence-corrected chi connectivity index (χ4v) is 8.47. The summed E-state index contributed by atoms with van der Waals surface area (Å²) in [6.45, 7) is 5.21. The summed E-state index contributed by atoms with van der Waals surface area (Å²) < 4.78 is 4.90. The molecule has 2 heterocycles. The van der Waals surface area contributed by atoms with Gasteiger partial charge in [0.05, 0.1) is 40.2 Å². The maximum atomic E-state index is 5.38. The fourth-order valence-electron chi connectivity index (χ4n) is 8.47. The minimum atomic E-state index is 0.467. The van der Waals surface area contributed by atoms with E-state index in [1.54, 1.807) is 0 Å². The van der Waals surface area contributed by atoms with Crippen molar-refractivity contribution in [2.75, 3.05) is 0 Å². The minimum absolute atomic E-state index is 0.467. The van der Waals surface area contributed by atoms with Crippen LogP contribution in [0.4, 0.5) is 0 Å². The Labute approximate surface area is 338 Å². The van der Waals surface area contributed by atoms with Crippen LogP contribution in [0.25, 0.3) is 66.1 Å². The summed E-state index contributed by atoms with van der Waals surface area (Å²) in [5, 5.41) is 5.04. The molecule has 0 atom stereocenters. The normalized spacial score (nSPS) is 12.2. The van der Waals surface area contributed by atoms with Crippen LogP contribution in [0.15, 0.2) is 216 Å². The van der Waals surface area contributed by atoms with Crippen LogP contribution in [-0.4, -0.2) is 21.6 Å². The second kappa shape index (κ2) is 15.2. The van der Waals surface area contributed by atoms with Crippen LogP contribution in [0.5, 0.6) is 0 Å². The van der Waals surface area contributed by atoms with Crippen LogP contribution < -0.4 is 0 Å². The van der Waals surface area contributed by atoms with Gasteiger partial charge in [0, 0.05) is 39.2 Å². The van der Waals surface area contributed by atoms with Crippen LogP contribution in [0.1, 0.15) is 22.3 Å². The molecule has 4 heteroatoms. The maximum absolute atomic E-state index is 5.38. The molecule has 2 aromatic heterocycles. The van der Waals surface area contributed by atoms with Crippen LogP contribution >= 0.6 is 0 Å². The van der Waals surface area contributed by atoms with Gasteiger partial charge in [0.25, 0.3) is 0 Å². The van der Waals surface area contributed by atoms with Crippen molar-refractivity contribution in [1.82, 2.24) is 9.13 Å². The Morgan fingerprint density at radius 1 is 0.483 bits per heavy atom. The lowest BCUT2D eigenvalue weighted by Crippen LogP contribution is -2.03. The summed E-state index contributed by atoms with van der Waals surface area (Å²) in [7, 11) is 0. The van der Waals surface area contributed by atoms with Crippen molar-refractivity contribution in [3.63, 3.8) is 0 Å². The average Bonchev–Trinajstić information content (AvgIpc) is 3.80. The van der Waals surface area contributed by atoms with Gasteiger partial charge in [0.2, 0.25) is 0 Å². The van der Waals surface area contributed by atoms with E-state index in [1.165, 1.54) is 54.7 Å². The maximum Gasteiger partial charge on any atom is 0.0716 e. The monoisotopic (exact) mass is 744 g/mol. The highest BCUT2D eigenvalue weighted by atomic mass is 15.0. The summed E-state index contributed by atoms with van der Waals surface area (Å²) in [5.74, 6) is 0. The number of allylic oxidation sites excluding steroid dienone is 1. The van der Waals surface area contributed by atoms with Crippen LogP contribution in [0.3, 0.4) is 0 Å². The van der Waals surface area contributed by atoms with Crippen molar-refractivity contribution in [1.29, 1.82) is 0 Å². The Morgan fingerprint density at radius 2 is 1.05 bits per heavy atom. The standard InChI is InChI=1S/C54H40N4/c1-55-46(41-21-9-4-10-22-41)35-47(42-31-29-40(30-32-42)39-19-7-3-8-20-39)56-36-43-23-11-14-26-48(43)58-50-28-16-13-25-45(50)54-52(58)34-33-51-53(54)44-24-12-15-27-49(44)57(51)37-38-17-5-2-6-18-38/h2-35H,1,36-37H2/b46-35-,56-47?. The Kier molecular flexibility index (Phi) is 9.13. The smallest absolute Gasteiger partial charge is 0.0716 e. The van der Waals surface area contributed by atoms with Gasteiger partial charge in [-0.15, -0.1) is 0 Å². The van der Waals surface area contributed by atoms with Gasteiger partial charge in [0.1, 0.15) is 0 Å². The third-order valence-electron chi connectivity index (χ3n) is 11.2. The molecule has 0 aliphatic heterocycles. The molecule has 4 nitrogen and oxygen atoms in total. The zero-order chi connectivity index (χ0) is 38.8. The molecule has 58 heavy (non-hydrogen) atoms. The molecule has 0 radical (unpaired) electrons. The molecule has 0 bridgehead atoms. The van der Waals surface area contributed by atoms with E-state index in [1.807, 2.05) is 24.3 Å². The van der Waals surface area contributed by atoms with Crippen LogP contribution in [-0.2, 0) is 13.1 Å². The zero-order valence-corrected chi connectivity index (χ0v) is 32.0. The lowest BCUT2D eigenvalue weighted by molar-refractivity contribution is 0.869. The Balaban J connectivity index is 1.13. The molecule has 0 saturated carbocycles. The molecular formula is C54H40N4. The van der Waals surface area contributed by atoms with Gasteiger partial charge in [0.15, 0.2) is 0 Å². The molecule has 0 aliphatic rings. The van der Waals surface area contributed by atoms with Crippen molar-refractivity contribution in [2.45, 2.75) is 13.1 Å². The number of aliphatic imine (C=N–C) groups is 2. The van der Waals surface area contributed by atoms with Crippen molar-refractivity contribution >= 4 is 61.7 Å². The summed E-state index contributed by atoms with van der Waals surface area (Å²) in [6.07, 6.45) is 2.06. The van der Waals surface area contributed by atoms with E-state index in [0.717, 1.165) is 45.9 Å². The molecule has 0 spiro atoms. The van der Waals surface area contributed by atoms with Gasteiger partial charge in [-0.2, -0.15) is 0 Å². The van der Waals surface area contributed by atoms with Crippen molar-refractivity contribution in [3.05, 3.63) is 229 Å². The third-order valence-corrected chi connectivity index (χ3v) is 11.2. The Bertz CT molecular complexity index is 3150. The predicted octanol–water partition coefficient (Wildman–Crippen LogP) is 13.3. The molecule has 0 unspecified atom stereocenters. The number of hydrogen-bond donors (Lipinski definition) is 0. The third kappa shape index (κ3) is 6.31. The first-order valence-corrected chi connectivity index (χ1v) is 19.7. The van der Waals surface area contributed by atoms with E-state index < -0.39 is 0 Å². The van der Waals surface area contributed by atoms with Gasteiger partial charge < -0.3 is 9.13 Å². The van der Waals surface area contributed by atoms with Crippen molar-refractivity contribution in [3.8, 4) is 16.8 Å². The van der Waals surface area contributed by atoms with E-state index in [2.05, 4.69) is 203 Å². The van der Waals surface area contributed by atoms with Gasteiger partial charge in [-0.3, -0.25) is 9.98 Å². The second-order valence-corrected chi connectivity index (χ2v) is 14.6. The first-order chi connectivity index (χ1) is 28.7. The number of aromatic nitrogens is 2. The quantitative estimate of drug-likeness (QED) is 0.125. The predicted molar refractivity (Wildman–Crippen MR) is 245 cm³/mol. The summed E-state index contributed by atoms with van der Waals surface area (Å²) in [6, 6.07) is 71.0. The molecular weight excluding hydrogens is 705 g/mol. The molecule has 10 rings (SSSR count). The van der Waals surface area contributed by atoms with E-state index in [-0.39, 0.29) is 0 Å². The summed E-state index contributed by atoms with van der Waals surface area (Å²) in [4.78, 5) is 9.85. The molecule has 0 N–H and O–H groups in total. The summed E-state index contributed by atoms with van der Waals surface area (Å²) in [5.41, 5.74) is 14.3. The number of hydrogen-bond acceptors (Lipinski definition) is 2. The van der Waals surface area contributed by atoms with Gasteiger partial charge in [-0.1, -0.05) is 170 Å². The lowest BCUT2D eigenvalue weighted by atomic mass is 10.0. The number of fused-ring (bicyclic) bond motifs is 7. The molecule has 0 amide bonds. The van der Waals surface area contributed by atoms with Gasteiger partial charge >= 0.3 is 0 Å². The van der Waals surface area contributed by atoms with Gasteiger partial charge in [-0.25, -0.2) is 0 Å². The van der Waals surface area contributed by atoms with E-state index in [0.29, 0.717) is 6.54 Å². The van der Waals surface area contributed by atoms with E-state index >= 15 is 0 Å². The first kappa shape index (κ1) is 34.9. The van der Waals surface area contributed by atoms with Crippen molar-refractivity contribution < 1.29 is 0 Å². The minimum Gasteiger partial charge on any atom is -0.336 e. The number of benzene rings is 8. The Hall–Kier alpha value is -7.56. The largest absolute Gasteiger partial charge is 0.336 e. The first-order valence-electron chi connectivity index (χ1n) is 19.7. The zero-order valence-electron chi connectivity index (χ0n) is 32.0. The Morgan fingerprint density at radius 3 is 1.79 bits per heavy atom. The highest BCUT2D eigenvalue weighted by Gasteiger charge is 2.21. The highest BCUT2D eigenvalue weighted by Crippen LogP contribution is 2.42. The molecule has 0 saturated heterocycles. The second-order valence-electron chi connectivity index (χ2n) is 14.6. The van der Waals surface area contributed by atoms with Crippen LogP contribution in [0.2, 0.25) is 0 Å². The number of para-hydroxylation sites is 3. The molecule has 0 aliphatic carbocycles. The lowest BCUT2D eigenvalue weighted by Gasteiger charge is -2.14. The molecule has 0 fully saturated rings. The van der Waals surface area contributed by atoms with Gasteiger partial charge in [-0.05, 0) is 70.9 Å². The number of nitrogens with zero attached hydrogens (tertiary/aromatic N) is 4. The highest BCUT2D eigenvalue weighted by molar-refractivity contribution is 6.28. The SMILES string of the molecule is C=N/C(=C\C(=NCc1ccccc1-n1c2ccccc2c2c3c4ccccc4n(Cc4ccccc4)c3ccc21)c1ccc(-c2ccccc2)cc1)c1ccccc1. The molecule has 276 valence electrons. The topological polar surface area (TPSA) is 34.6 Å². The van der Waals surface area contributed by atoms with Crippen molar-refractivity contribution in [2.24, 2.45) is 9.98 Å². The molecule has 10 aromatic rings. The van der Waals surface area contributed by atoms with E-state index in [9.17, 15) is 0 Å².